The highest BCUT2D eigenvalue weighted by molar-refractivity contribution is 7.16. The van der Waals surface area contributed by atoms with E-state index < -0.39 is 5.91 Å². The topological polar surface area (TPSA) is 71.7 Å². The van der Waals surface area contributed by atoms with Crippen molar-refractivity contribution in [3.63, 3.8) is 0 Å². The van der Waals surface area contributed by atoms with Crippen LogP contribution in [0.2, 0.25) is 5.02 Å². The van der Waals surface area contributed by atoms with Crippen molar-refractivity contribution in [2.45, 2.75) is 19.8 Å². The summed E-state index contributed by atoms with van der Waals surface area (Å²) in [5.74, 6) is -0.836. The predicted molar refractivity (Wildman–Crippen MR) is 109 cm³/mol. The molecule has 0 unspecified atom stereocenters. The Morgan fingerprint density at radius 1 is 1.11 bits per heavy atom. The Labute approximate surface area is 169 Å². The highest BCUT2D eigenvalue weighted by Gasteiger charge is 2.30. The zero-order chi connectivity index (χ0) is 20.0. The summed E-state index contributed by atoms with van der Waals surface area (Å²) in [4.78, 5) is 42.2. The average Bonchev–Trinajstić information content (AvgIpc) is 3.14. The Morgan fingerprint density at radius 3 is 2.39 bits per heavy atom. The molecule has 0 bridgehead atoms. The lowest BCUT2D eigenvalue weighted by Crippen LogP contribution is -2.28. The zero-order valence-corrected chi connectivity index (χ0v) is 16.8. The van der Waals surface area contributed by atoms with E-state index in [-0.39, 0.29) is 24.7 Å². The first kappa shape index (κ1) is 18.6. The molecule has 0 aliphatic carbocycles. The molecule has 0 radical (unpaired) electrons. The Hall–Kier alpha value is -2.77. The number of rotatable bonds is 2. The number of nitrogens with zero attached hydrogens (tertiary/aromatic N) is 3. The molecule has 1 saturated heterocycles. The summed E-state index contributed by atoms with van der Waals surface area (Å²) in [5, 5.41) is 0.645. The molecule has 142 valence electrons. The largest absolute Gasteiger partial charge is 0.319 e. The second-order valence-electron chi connectivity index (χ2n) is 6.60. The lowest BCUT2D eigenvalue weighted by atomic mass is 10.2. The summed E-state index contributed by atoms with van der Waals surface area (Å²) in [6, 6.07) is 10.1. The number of aromatic nitrogens is 1. The van der Waals surface area contributed by atoms with Crippen molar-refractivity contribution >= 4 is 56.6 Å². The van der Waals surface area contributed by atoms with Gasteiger partial charge < -0.3 is 4.57 Å². The van der Waals surface area contributed by atoms with E-state index in [0.29, 0.717) is 21.1 Å². The molecule has 1 aliphatic rings. The minimum Gasteiger partial charge on any atom is -0.319 e. The van der Waals surface area contributed by atoms with Crippen LogP contribution < -0.4 is 9.70 Å². The molecule has 1 aliphatic heterocycles. The first-order valence-electron chi connectivity index (χ1n) is 8.66. The molecule has 4 rings (SSSR count). The number of thiazole rings is 1. The van der Waals surface area contributed by atoms with Crippen LogP contribution in [0.3, 0.4) is 0 Å². The molecule has 1 fully saturated rings. The number of aryl methyl sites for hydroxylation is 2. The van der Waals surface area contributed by atoms with Crippen molar-refractivity contribution in [3.8, 4) is 0 Å². The third-order valence-corrected chi connectivity index (χ3v) is 5.97. The first-order chi connectivity index (χ1) is 13.3. The minimum atomic E-state index is -0.392. The summed E-state index contributed by atoms with van der Waals surface area (Å²) in [6.07, 6.45) is 0.446. The van der Waals surface area contributed by atoms with Gasteiger partial charge in [-0.1, -0.05) is 22.9 Å². The van der Waals surface area contributed by atoms with Crippen molar-refractivity contribution in [1.29, 1.82) is 0 Å². The highest BCUT2D eigenvalue weighted by Crippen LogP contribution is 2.25. The van der Waals surface area contributed by atoms with Crippen LogP contribution >= 0.6 is 22.9 Å². The maximum absolute atomic E-state index is 12.6. The Bertz CT molecular complexity index is 1190. The number of anilines is 1. The van der Waals surface area contributed by atoms with Crippen LogP contribution in [0, 0.1) is 6.92 Å². The lowest BCUT2D eigenvalue weighted by Gasteiger charge is -2.13. The van der Waals surface area contributed by atoms with Gasteiger partial charge in [-0.15, -0.1) is 0 Å². The molecule has 3 aromatic rings. The van der Waals surface area contributed by atoms with Crippen molar-refractivity contribution < 1.29 is 14.4 Å². The van der Waals surface area contributed by atoms with Gasteiger partial charge in [0.15, 0.2) is 4.80 Å². The van der Waals surface area contributed by atoms with Crippen LogP contribution in [0.25, 0.3) is 10.2 Å². The number of amides is 3. The number of imide groups is 1. The fraction of sp³-hybridized carbons (Fsp3) is 0.200. The third-order valence-electron chi connectivity index (χ3n) is 4.68. The SMILES string of the molecule is Cc1cc(Cl)cc2sc(=NC(=O)c3ccc(N4C(=O)CCC4=O)cc3)n(C)c12. The molecule has 0 N–H and O–H groups in total. The van der Waals surface area contributed by atoms with Crippen molar-refractivity contribution in [1.82, 2.24) is 4.57 Å². The number of fused-ring (bicyclic) bond motifs is 1. The molecule has 3 amide bonds. The standard InChI is InChI=1S/C20H16ClN3O3S/c1-11-9-13(21)10-15-18(11)23(2)20(28-15)22-19(27)12-3-5-14(6-4-12)24-16(25)7-8-17(24)26/h3-6,9-10H,7-8H2,1-2H3. The van der Waals surface area contributed by atoms with Crippen LogP contribution in [-0.2, 0) is 16.6 Å². The normalized spacial score (nSPS) is 15.1. The number of carbonyl (C=O) groups is 3. The average molecular weight is 414 g/mol. The quantitative estimate of drug-likeness (QED) is 0.602. The molecule has 0 atom stereocenters. The third kappa shape index (κ3) is 3.16. The second kappa shape index (κ2) is 7.00. The van der Waals surface area contributed by atoms with E-state index in [9.17, 15) is 14.4 Å². The number of halogens is 1. The maximum Gasteiger partial charge on any atom is 0.279 e. The summed E-state index contributed by atoms with van der Waals surface area (Å²) in [7, 11) is 1.86. The Balaban J connectivity index is 1.68. The molecular weight excluding hydrogens is 398 g/mol. The summed E-state index contributed by atoms with van der Waals surface area (Å²) < 4.78 is 2.83. The molecule has 2 aromatic carbocycles. The van der Waals surface area contributed by atoms with E-state index in [4.69, 9.17) is 11.6 Å². The monoisotopic (exact) mass is 413 g/mol. The smallest absolute Gasteiger partial charge is 0.279 e. The lowest BCUT2D eigenvalue weighted by molar-refractivity contribution is -0.121. The summed E-state index contributed by atoms with van der Waals surface area (Å²) in [5.41, 5.74) is 2.86. The minimum absolute atomic E-state index is 0.222. The maximum atomic E-state index is 12.6. The fourth-order valence-corrected chi connectivity index (χ4v) is 4.81. The van der Waals surface area contributed by atoms with Crippen molar-refractivity contribution in [2.24, 2.45) is 12.0 Å². The van der Waals surface area contributed by atoms with Gasteiger partial charge in [-0.05, 0) is 48.9 Å². The first-order valence-corrected chi connectivity index (χ1v) is 9.85. The molecule has 0 saturated carbocycles. The van der Waals surface area contributed by atoms with E-state index in [1.54, 1.807) is 24.3 Å². The van der Waals surface area contributed by atoms with E-state index in [0.717, 1.165) is 20.7 Å². The summed E-state index contributed by atoms with van der Waals surface area (Å²) >= 11 is 7.52. The fourth-order valence-electron chi connectivity index (χ4n) is 3.34. The van der Waals surface area contributed by atoms with Crippen molar-refractivity contribution in [3.05, 3.63) is 57.3 Å². The number of benzene rings is 2. The molecular formula is C20H16ClN3O3S. The number of hydrogen-bond donors (Lipinski definition) is 0. The molecule has 6 nitrogen and oxygen atoms in total. The van der Waals surface area contributed by atoms with E-state index >= 15 is 0 Å². The van der Waals surface area contributed by atoms with Gasteiger partial charge in [0, 0.05) is 30.5 Å². The number of hydrogen-bond acceptors (Lipinski definition) is 4. The summed E-state index contributed by atoms with van der Waals surface area (Å²) in [6.45, 7) is 1.96. The Morgan fingerprint density at radius 2 is 1.75 bits per heavy atom. The Kier molecular flexibility index (Phi) is 4.64. The molecule has 0 spiro atoms. The highest BCUT2D eigenvalue weighted by atomic mass is 35.5. The van der Waals surface area contributed by atoms with Gasteiger partial charge in [0.2, 0.25) is 11.8 Å². The van der Waals surface area contributed by atoms with Crippen LogP contribution in [-0.4, -0.2) is 22.3 Å². The second-order valence-corrected chi connectivity index (χ2v) is 8.05. The van der Waals surface area contributed by atoms with Gasteiger partial charge >= 0.3 is 0 Å². The number of carbonyl (C=O) groups excluding carboxylic acids is 3. The van der Waals surface area contributed by atoms with Gasteiger partial charge in [0.25, 0.3) is 5.91 Å². The zero-order valence-electron chi connectivity index (χ0n) is 15.2. The van der Waals surface area contributed by atoms with Gasteiger partial charge in [0.1, 0.15) is 0 Å². The van der Waals surface area contributed by atoms with Crippen molar-refractivity contribution in [2.75, 3.05) is 4.90 Å². The molecule has 28 heavy (non-hydrogen) atoms. The van der Waals surface area contributed by atoms with Crippen LogP contribution in [0.1, 0.15) is 28.8 Å². The molecule has 2 heterocycles. The van der Waals surface area contributed by atoms with Crippen LogP contribution in [0.15, 0.2) is 41.4 Å². The predicted octanol–water partition coefficient (Wildman–Crippen LogP) is 3.60. The molecule has 1 aromatic heterocycles. The van der Waals surface area contributed by atoms with Gasteiger partial charge in [-0.2, -0.15) is 4.99 Å². The van der Waals surface area contributed by atoms with Gasteiger partial charge in [-0.25, -0.2) is 0 Å². The van der Waals surface area contributed by atoms with E-state index in [1.165, 1.54) is 11.3 Å². The van der Waals surface area contributed by atoms with Crippen LogP contribution in [0.4, 0.5) is 5.69 Å². The van der Waals surface area contributed by atoms with E-state index in [2.05, 4.69) is 4.99 Å². The van der Waals surface area contributed by atoms with Gasteiger partial charge in [-0.3, -0.25) is 19.3 Å². The van der Waals surface area contributed by atoms with E-state index in [1.807, 2.05) is 30.7 Å². The van der Waals surface area contributed by atoms with Gasteiger partial charge in [0.05, 0.1) is 15.9 Å². The molecule has 8 heteroatoms. The van der Waals surface area contributed by atoms with Crippen LogP contribution in [0.5, 0.6) is 0 Å².